The Hall–Kier alpha value is -2.89. The lowest BCUT2D eigenvalue weighted by atomic mass is 9.92. The average Bonchev–Trinajstić information content (AvgIpc) is 3.05. The van der Waals surface area contributed by atoms with Crippen LogP contribution >= 0.6 is 0 Å². The number of hydrogen-bond acceptors (Lipinski definition) is 5. The highest BCUT2D eigenvalue weighted by molar-refractivity contribution is 5.68. The zero-order valence-electron chi connectivity index (χ0n) is 13.4. The summed E-state index contributed by atoms with van der Waals surface area (Å²) in [6.45, 7) is 1.75. The SMILES string of the molecule is COc1ccc([C@H](C)c2cc3c(cc2OCC(=O)O)OCO3)cc1. The number of ether oxygens (including phenoxy) is 4. The lowest BCUT2D eigenvalue weighted by Crippen LogP contribution is -2.11. The van der Waals surface area contributed by atoms with Crippen molar-refractivity contribution in [3.8, 4) is 23.0 Å². The van der Waals surface area contributed by atoms with Crippen LogP contribution in [0.2, 0.25) is 0 Å². The molecule has 0 amide bonds. The Morgan fingerprint density at radius 2 is 1.88 bits per heavy atom. The Balaban J connectivity index is 1.95. The average molecular weight is 330 g/mol. The molecule has 1 heterocycles. The van der Waals surface area contributed by atoms with Crippen molar-refractivity contribution in [3.05, 3.63) is 47.5 Å². The van der Waals surface area contributed by atoms with Crippen molar-refractivity contribution in [1.29, 1.82) is 0 Å². The van der Waals surface area contributed by atoms with Crippen LogP contribution < -0.4 is 18.9 Å². The van der Waals surface area contributed by atoms with Crippen LogP contribution in [0, 0.1) is 0 Å². The van der Waals surface area contributed by atoms with Crippen molar-refractivity contribution in [3.63, 3.8) is 0 Å². The number of aliphatic carboxylic acids is 1. The first kappa shape index (κ1) is 16.0. The molecule has 0 saturated carbocycles. The van der Waals surface area contributed by atoms with Crippen LogP contribution in [0.25, 0.3) is 0 Å². The molecule has 0 unspecified atom stereocenters. The minimum Gasteiger partial charge on any atom is -0.497 e. The predicted octanol–water partition coefficient (Wildman–Crippen LogP) is 3.04. The normalized spacial score (nSPS) is 13.4. The van der Waals surface area contributed by atoms with E-state index in [0.29, 0.717) is 17.2 Å². The molecule has 0 spiro atoms. The van der Waals surface area contributed by atoms with Crippen LogP contribution in [0.15, 0.2) is 36.4 Å². The second-order valence-electron chi connectivity index (χ2n) is 5.42. The van der Waals surface area contributed by atoms with Crippen LogP contribution in [0.5, 0.6) is 23.0 Å². The maximum atomic E-state index is 10.8. The van der Waals surface area contributed by atoms with Crippen molar-refractivity contribution in [2.75, 3.05) is 20.5 Å². The van der Waals surface area contributed by atoms with E-state index in [1.54, 1.807) is 13.2 Å². The fourth-order valence-electron chi connectivity index (χ4n) is 2.61. The van der Waals surface area contributed by atoms with Crippen LogP contribution in [-0.4, -0.2) is 31.6 Å². The molecule has 6 nitrogen and oxygen atoms in total. The standard InChI is InChI=1S/C18H18O6/c1-11(12-3-5-13(21-2)6-4-12)14-7-16-17(24-10-23-16)8-15(14)22-9-18(19)20/h3-8,11H,9-10H2,1-2H3,(H,19,20)/t11-/m0/s1. The zero-order valence-corrected chi connectivity index (χ0v) is 13.4. The van der Waals surface area contributed by atoms with Crippen LogP contribution in [0.3, 0.4) is 0 Å². The van der Waals surface area contributed by atoms with Gasteiger partial charge < -0.3 is 24.1 Å². The second kappa shape index (κ2) is 6.70. The summed E-state index contributed by atoms with van der Waals surface area (Å²) in [5, 5.41) is 8.88. The second-order valence-corrected chi connectivity index (χ2v) is 5.42. The van der Waals surface area contributed by atoms with Crippen LogP contribution in [0.1, 0.15) is 24.0 Å². The predicted molar refractivity (Wildman–Crippen MR) is 86.2 cm³/mol. The minimum absolute atomic E-state index is 0.0193. The van der Waals surface area contributed by atoms with Crippen molar-refractivity contribution in [1.82, 2.24) is 0 Å². The molecule has 2 aromatic rings. The molecular weight excluding hydrogens is 312 g/mol. The van der Waals surface area contributed by atoms with Crippen molar-refractivity contribution in [2.24, 2.45) is 0 Å². The lowest BCUT2D eigenvalue weighted by Gasteiger charge is -2.18. The molecule has 24 heavy (non-hydrogen) atoms. The van der Waals surface area contributed by atoms with Gasteiger partial charge in [0.05, 0.1) is 7.11 Å². The van der Waals surface area contributed by atoms with Crippen molar-refractivity contribution in [2.45, 2.75) is 12.8 Å². The van der Waals surface area contributed by atoms with Gasteiger partial charge >= 0.3 is 5.97 Å². The van der Waals surface area contributed by atoms with Crippen LogP contribution in [-0.2, 0) is 4.79 Å². The summed E-state index contributed by atoms with van der Waals surface area (Å²) >= 11 is 0. The monoisotopic (exact) mass is 330 g/mol. The number of carboxylic acid groups (broad SMARTS) is 1. The number of benzene rings is 2. The molecule has 0 fully saturated rings. The van der Waals surface area contributed by atoms with E-state index in [0.717, 1.165) is 16.9 Å². The maximum Gasteiger partial charge on any atom is 0.341 e. The third-order valence-corrected chi connectivity index (χ3v) is 3.94. The molecule has 0 aliphatic carbocycles. The fraction of sp³-hybridized carbons (Fsp3) is 0.278. The Kier molecular flexibility index (Phi) is 4.46. The van der Waals surface area contributed by atoms with E-state index in [4.69, 9.17) is 24.1 Å². The first-order valence-electron chi connectivity index (χ1n) is 7.50. The van der Waals surface area contributed by atoms with Gasteiger partial charge in [0, 0.05) is 17.5 Å². The van der Waals surface area contributed by atoms with E-state index in [9.17, 15) is 4.79 Å². The summed E-state index contributed by atoms with van der Waals surface area (Å²) in [7, 11) is 1.62. The highest BCUT2D eigenvalue weighted by Gasteiger charge is 2.22. The van der Waals surface area contributed by atoms with Gasteiger partial charge in [0.1, 0.15) is 11.5 Å². The fourth-order valence-corrected chi connectivity index (χ4v) is 2.61. The molecule has 0 bridgehead atoms. The Morgan fingerprint density at radius 3 is 2.50 bits per heavy atom. The summed E-state index contributed by atoms with van der Waals surface area (Å²) in [5.74, 6) is 1.39. The molecule has 0 aromatic heterocycles. The number of carbonyl (C=O) groups is 1. The van der Waals surface area contributed by atoms with Gasteiger partial charge in [-0.3, -0.25) is 0 Å². The molecule has 6 heteroatoms. The summed E-state index contributed by atoms with van der Waals surface area (Å²) in [4.78, 5) is 10.8. The van der Waals surface area contributed by atoms with E-state index < -0.39 is 12.6 Å². The Labute approximate surface area is 139 Å². The maximum absolute atomic E-state index is 10.8. The Bertz CT molecular complexity index is 738. The molecule has 126 valence electrons. The topological polar surface area (TPSA) is 74.2 Å². The largest absolute Gasteiger partial charge is 0.497 e. The molecule has 1 aliphatic rings. The van der Waals surface area contributed by atoms with Crippen LogP contribution in [0.4, 0.5) is 0 Å². The number of methoxy groups -OCH3 is 1. The molecular formula is C18H18O6. The lowest BCUT2D eigenvalue weighted by molar-refractivity contribution is -0.139. The third-order valence-electron chi connectivity index (χ3n) is 3.94. The molecule has 3 rings (SSSR count). The van der Waals surface area contributed by atoms with Gasteiger partial charge in [-0.2, -0.15) is 0 Å². The third kappa shape index (κ3) is 3.22. The van der Waals surface area contributed by atoms with Crippen molar-refractivity contribution < 1.29 is 28.8 Å². The van der Waals surface area contributed by atoms with Crippen molar-refractivity contribution >= 4 is 5.97 Å². The van der Waals surface area contributed by atoms with Gasteiger partial charge in [0.25, 0.3) is 0 Å². The van der Waals surface area contributed by atoms with Gasteiger partial charge in [0.2, 0.25) is 6.79 Å². The first-order chi connectivity index (χ1) is 11.6. The number of carboxylic acids is 1. The van der Waals surface area contributed by atoms with Gasteiger partial charge in [-0.1, -0.05) is 19.1 Å². The number of rotatable bonds is 6. The minimum atomic E-state index is -1.03. The molecule has 1 aliphatic heterocycles. The van der Waals surface area contributed by atoms with E-state index in [1.165, 1.54) is 0 Å². The Morgan fingerprint density at radius 1 is 1.21 bits per heavy atom. The number of fused-ring (bicyclic) bond motifs is 1. The summed E-state index contributed by atoms with van der Waals surface area (Å²) < 4.78 is 21.4. The zero-order chi connectivity index (χ0) is 17.1. The van der Waals surface area contributed by atoms with Gasteiger partial charge in [-0.05, 0) is 23.8 Å². The molecule has 1 atom stereocenters. The summed E-state index contributed by atoms with van der Waals surface area (Å²) in [5.41, 5.74) is 1.89. The van der Waals surface area contributed by atoms with E-state index in [1.807, 2.05) is 37.3 Å². The quantitative estimate of drug-likeness (QED) is 0.877. The highest BCUT2D eigenvalue weighted by Crippen LogP contribution is 2.42. The number of hydrogen-bond donors (Lipinski definition) is 1. The summed E-state index contributed by atoms with van der Waals surface area (Å²) in [6, 6.07) is 11.2. The van der Waals surface area contributed by atoms with Gasteiger partial charge in [-0.25, -0.2) is 4.79 Å². The first-order valence-corrected chi connectivity index (χ1v) is 7.50. The molecule has 0 radical (unpaired) electrons. The van der Waals surface area contributed by atoms with Gasteiger partial charge in [-0.15, -0.1) is 0 Å². The smallest absolute Gasteiger partial charge is 0.341 e. The molecule has 0 saturated heterocycles. The van der Waals surface area contributed by atoms with Gasteiger partial charge in [0.15, 0.2) is 18.1 Å². The van der Waals surface area contributed by atoms with E-state index >= 15 is 0 Å². The molecule has 1 N–H and O–H groups in total. The van der Waals surface area contributed by atoms with E-state index in [-0.39, 0.29) is 12.7 Å². The summed E-state index contributed by atoms with van der Waals surface area (Å²) in [6.07, 6.45) is 0. The molecule has 2 aromatic carbocycles. The van der Waals surface area contributed by atoms with E-state index in [2.05, 4.69) is 0 Å². The highest BCUT2D eigenvalue weighted by atomic mass is 16.7.